The van der Waals surface area contributed by atoms with E-state index in [4.69, 9.17) is 4.74 Å². The summed E-state index contributed by atoms with van der Waals surface area (Å²) in [7, 11) is 0. The van der Waals surface area contributed by atoms with Crippen LogP contribution in [0, 0.1) is 11.8 Å². The summed E-state index contributed by atoms with van der Waals surface area (Å²) in [5.74, 6) is 1.28. The molecule has 1 amide bonds. The fourth-order valence-electron chi connectivity index (χ4n) is 2.67. The number of rotatable bonds is 8. The van der Waals surface area contributed by atoms with E-state index in [1.54, 1.807) is 0 Å². The van der Waals surface area contributed by atoms with Crippen molar-refractivity contribution in [1.29, 1.82) is 0 Å². The molecule has 1 atom stereocenters. The Labute approximate surface area is 134 Å². The summed E-state index contributed by atoms with van der Waals surface area (Å²) in [5, 5.41) is 0. The minimum Gasteiger partial charge on any atom is -0.443 e. The summed E-state index contributed by atoms with van der Waals surface area (Å²) < 4.78 is 5.47. The lowest BCUT2D eigenvalue weighted by molar-refractivity contribution is 0.0972. The quantitative estimate of drug-likeness (QED) is 0.672. The third kappa shape index (κ3) is 6.93. The third-order valence-electron chi connectivity index (χ3n) is 3.15. The molecule has 1 fully saturated rings. The Morgan fingerprint density at radius 3 is 2.25 bits per heavy atom. The Bertz CT molecular complexity index is 275. The van der Waals surface area contributed by atoms with Gasteiger partial charge in [0.15, 0.2) is 0 Å². The molecule has 1 heterocycles. The number of ether oxygens (including phenoxy) is 1. The van der Waals surface area contributed by atoms with Gasteiger partial charge in [-0.2, -0.15) is 0 Å². The van der Waals surface area contributed by atoms with E-state index in [1.807, 2.05) is 4.90 Å². The fraction of sp³-hybridized carbons (Fsp3) is 0.933. The first-order valence-electron chi connectivity index (χ1n) is 7.60. The molecule has 1 aliphatic heterocycles. The van der Waals surface area contributed by atoms with Crippen LogP contribution in [0.1, 0.15) is 41.0 Å². The van der Waals surface area contributed by atoms with Crippen molar-refractivity contribution in [2.24, 2.45) is 11.8 Å². The van der Waals surface area contributed by atoms with E-state index in [2.05, 4.69) is 39.5 Å². The van der Waals surface area contributed by atoms with E-state index in [-0.39, 0.29) is 29.2 Å². The van der Waals surface area contributed by atoms with Crippen LogP contribution in [0.4, 0.5) is 4.79 Å². The number of nitrogens with zero attached hydrogens (tertiary/aromatic N) is 2. The first-order chi connectivity index (χ1) is 8.92. The Morgan fingerprint density at radius 2 is 1.80 bits per heavy atom. The first-order valence-corrected chi connectivity index (χ1v) is 7.60. The lowest BCUT2D eigenvalue weighted by atomic mass is 10.1. The van der Waals surface area contributed by atoms with Crippen LogP contribution in [-0.4, -0.2) is 54.7 Å². The van der Waals surface area contributed by atoms with Crippen molar-refractivity contribution in [3.63, 3.8) is 0 Å². The molecule has 4 nitrogen and oxygen atoms in total. The average molecular weight is 351 g/mol. The number of amides is 1. The molecule has 0 radical (unpaired) electrons. The highest BCUT2D eigenvalue weighted by atomic mass is 79.9. The van der Waals surface area contributed by atoms with Gasteiger partial charge in [-0.1, -0.05) is 34.6 Å². The highest BCUT2D eigenvalue weighted by Crippen LogP contribution is 2.14. The predicted octanol–water partition coefficient (Wildman–Crippen LogP) is 3.41. The van der Waals surface area contributed by atoms with Gasteiger partial charge in [-0.05, 0) is 18.3 Å². The number of carbonyl (C=O) groups is 1. The molecule has 20 heavy (non-hydrogen) atoms. The van der Waals surface area contributed by atoms with E-state index < -0.39 is 0 Å². The van der Waals surface area contributed by atoms with Crippen molar-refractivity contribution >= 4 is 23.1 Å². The summed E-state index contributed by atoms with van der Waals surface area (Å²) in [6.07, 6.45) is 0.890. The SMILES string of the molecule is Br.CCCN1CC(CN(CC(C)C)CC(C)C)OC1=O. The number of hydrogen-bond donors (Lipinski definition) is 0. The molecular formula is C15H31BrN2O2. The Balaban J connectivity index is 0.00000361. The minimum atomic E-state index is -0.138. The normalized spacial score (nSPS) is 18.9. The van der Waals surface area contributed by atoms with Crippen LogP contribution < -0.4 is 0 Å². The van der Waals surface area contributed by atoms with Crippen molar-refractivity contribution < 1.29 is 9.53 Å². The van der Waals surface area contributed by atoms with Crippen molar-refractivity contribution in [3.05, 3.63) is 0 Å². The lowest BCUT2D eigenvalue weighted by Crippen LogP contribution is -2.39. The van der Waals surface area contributed by atoms with Gasteiger partial charge in [0, 0.05) is 26.2 Å². The smallest absolute Gasteiger partial charge is 0.410 e. The van der Waals surface area contributed by atoms with Gasteiger partial charge in [0.05, 0.1) is 6.54 Å². The summed E-state index contributed by atoms with van der Waals surface area (Å²) in [6.45, 7) is 15.6. The second kappa shape index (κ2) is 9.61. The molecule has 1 unspecified atom stereocenters. The van der Waals surface area contributed by atoms with Gasteiger partial charge in [-0.3, -0.25) is 4.90 Å². The van der Waals surface area contributed by atoms with Crippen molar-refractivity contribution in [2.75, 3.05) is 32.7 Å². The second-order valence-electron chi connectivity index (χ2n) is 6.46. The zero-order valence-electron chi connectivity index (χ0n) is 13.6. The molecule has 0 spiro atoms. The van der Waals surface area contributed by atoms with Crippen LogP contribution in [0.15, 0.2) is 0 Å². The minimum absolute atomic E-state index is 0. The Hall–Kier alpha value is -0.290. The third-order valence-corrected chi connectivity index (χ3v) is 3.15. The zero-order valence-corrected chi connectivity index (χ0v) is 15.3. The molecule has 120 valence electrons. The summed E-state index contributed by atoms with van der Waals surface area (Å²) in [4.78, 5) is 15.9. The van der Waals surface area contributed by atoms with Gasteiger partial charge in [0.2, 0.25) is 0 Å². The number of halogens is 1. The van der Waals surface area contributed by atoms with E-state index in [1.165, 1.54) is 0 Å². The van der Waals surface area contributed by atoms with Crippen LogP contribution in [0.2, 0.25) is 0 Å². The van der Waals surface area contributed by atoms with Crippen LogP contribution in [-0.2, 0) is 4.74 Å². The zero-order chi connectivity index (χ0) is 14.4. The Morgan fingerprint density at radius 1 is 1.25 bits per heavy atom. The largest absolute Gasteiger partial charge is 0.443 e. The second-order valence-corrected chi connectivity index (χ2v) is 6.46. The molecule has 0 bridgehead atoms. The van der Waals surface area contributed by atoms with Gasteiger partial charge in [-0.15, -0.1) is 17.0 Å². The first kappa shape index (κ1) is 19.7. The molecule has 0 aliphatic carbocycles. The monoisotopic (exact) mass is 350 g/mol. The molecule has 5 heteroatoms. The molecule has 0 aromatic heterocycles. The highest BCUT2D eigenvalue weighted by molar-refractivity contribution is 8.93. The van der Waals surface area contributed by atoms with Crippen LogP contribution in [0.5, 0.6) is 0 Å². The average Bonchev–Trinajstić information content (AvgIpc) is 2.57. The van der Waals surface area contributed by atoms with Crippen LogP contribution >= 0.6 is 17.0 Å². The topological polar surface area (TPSA) is 32.8 Å². The summed E-state index contributed by atoms with van der Waals surface area (Å²) in [6, 6.07) is 0. The number of hydrogen-bond acceptors (Lipinski definition) is 3. The fourth-order valence-corrected chi connectivity index (χ4v) is 2.67. The van der Waals surface area contributed by atoms with Gasteiger partial charge in [0.1, 0.15) is 6.10 Å². The van der Waals surface area contributed by atoms with Gasteiger partial charge in [-0.25, -0.2) is 4.79 Å². The Kier molecular flexibility index (Phi) is 9.47. The van der Waals surface area contributed by atoms with Gasteiger partial charge < -0.3 is 9.64 Å². The molecule has 0 saturated carbocycles. The van der Waals surface area contributed by atoms with E-state index in [0.29, 0.717) is 11.8 Å². The molecule has 0 aromatic rings. The maximum atomic E-state index is 11.7. The predicted molar refractivity (Wildman–Crippen MR) is 88.6 cm³/mol. The lowest BCUT2D eigenvalue weighted by Gasteiger charge is -2.27. The number of carbonyl (C=O) groups excluding carboxylic acids is 1. The van der Waals surface area contributed by atoms with Gasteiger partial charge in [0.25, 0.3) is 0 Å². The summed E-state index contributed by atoms with van der Waals surface area (Å²) in [5.41, 5.74) is 0. The maximum absolute atomic E-state index is 11.7. The van der Waals surface area contributed by atoms with Crippen molar-refractivity contribution in [1.82, 2.24) is 9.80 Å². The highest BCUT2D eigenvalue weighted by Gasteiger charge is 2.31. The van der Waals surface area contributed by atoms with E-state index in [9.17, 15) is 4.79 Å². The molecule has 0 N–H and O–H groups in total. The molecule has 1 saturated heterocycles. The van der Waals surface area contributed by atoms with Crippen LogP contribution in [0.3, 0.4) is 0 Å². The van der Waals surface area contributed by atoms with E-state index >= 15 is 0 Å². The number of cyclic esters (lactones) is 1. The standard InChI is InChI=1S/C15H30N2O2.BrH/c1-6-7-17-11-14(19-15(17)18)10-16(8-12(2)3)9-13(4)5;/h12-14H,6-11H2,1-5H3;1H. The maximum Gasteiger partial charge on any atom is 0.410 e. The summed E-state index contributed by atoms with van der Waals surface area (Å²) >= 11 is 0. The van der Waals surface area contributed by atoms with Crippen LogP contribution in [0.25, 0.3) is 0 Å². The van der Waals surface area contributed by atoms with Crippen molar-refractivity contribution in [2.45, 2.75) is 47.1 Å². The molecule has 1 rings (SSSR count). The van der Waals surface area contributed by atoms with Gasteiger partial charge >= 0.3 is 6.09 Å². The van der Waals surface area contributed by atoms with E-state index in [0.717, 1.165) is 39.1 Å². The molecular weight excluding hydrogens is 320 g/mol. The van der Waals surface area contributed by atoms with Crippen molar-refractivity contribution in [3.8, 4) is 0 Å². The molecule has 1 aliphatic rings. The molecule has 0 aromatic carbocycles.